The summed E-state index contributed by atoms with van der Waals surface area (Å²) < 4.78 is 5.37. The highest BCUT2D eigenvalue weighted by Gasteiger charge is 2.38. The summed E-state index contributed by atoms with van der Waals surface area (Å²) in [6, 6.07) is 0.227. The molecule has 2 saturated heterocycles. The van der Waals surface area contributed by atoms with Gasteiger partial charge in [0.25, 0.3) is 5.91 Å². The van der Waals surface area contributed by atoms with Crippen molar-refractivity contribution in [2.75, 3.05) is 6.54 Å². The second kappa shape index (κ2) is 5.90. The molecule has 0 spiro atoms. The number of hydrogen-bond donors (Lipinski definition) is 1. The zero-order valence-corrected chi connectivity index (χ0v) is 11.7. The van der Waals surface area contributed by atoms with E-state index in [9.17, 15) is 9.59 Å². The van der Waals surface area contributed by atoms with E-state index in [1.165, 1.54) is 0 Å². The molecule has 4 atom stereocenters. The summed E-state index contributed by atoms with van der Waals surface area (Å²) in [6.45, 7) is 4.99. The average molecular weight is 269 g/mol. The maximum Gasteiger partial charge on any atom is 0.332 e. The van der Waals surface area contributed by atoms with Crippen molar-refractivity contribution >= 4 is 11.9 Å². The molecule has 2 rings (SSSR count). The maximum atomic E-state index is 12.5. The molecular weight excluding hydrogens is 246 g/mol. The highest BCUT2D eigenvalue weighted by Crippen LogP contribution is 2.26. The fourth-order valence-electron chi connectivity index (χ4n) is 3.02. The first-order chi connectivity index (χ1) is 8.99. The number of rotatable bonds is 2. The summed E-state index contributed by atoms with van der Waals surface area (Å²) in [4.78, 5) is 25.2. The Morgan fingerprint density at radius 3 is 2.42 bits per heavy atom. The van der Waals surface area contributed by atoms with Gasteiger partial charge in [-0.2, -0.15) is 0 Å². The third-order valence-corrected chi connectivity index (χ3v) is 4.21. The van der Waals surface area contributed by atoms with Crippen molar-refractivity contribution in [3.8, 4) is 0 Å². The Morgan fingerprint density at radius 1 is 1.11 bits per heavy atom. The van der Waals surface area contributed by atoms with Gasteiger partial charge in [0.1, 0.15) is 6.10 Å². The molecule has 0 bridgehead atoms. The molecule has 2 heterocycles. The summed E-state index contributed by atoms with van der Waals surface area (Å²) in [5.41, 5.74) is 0. The molecule has 2 aliphatic rings. The van der Waals surface area contributed by atoms with Crippen LogP contribution in [0.4, 0.5) is 0 Å². The van der Waals surface area contributed by atoms with Gasteiger partial charge in [-0.15, -0.1) is 0 Å². The van der Waals surface area contributed by atoms with Gasteiger partial charge < -0.3 is 14.7 Å². The van der Waals surface area contributed by atoms with Crippen molar-refractivity contribution in [1.82, 2.24) is 4.90 Å². The van der Waals surface area contributed by atoms with Crippen LogP contribution in [0.5, 0.6) is 0 Å². The monoisotopic (exact) mass is 269 g/mol. The average Bonchev–Trinajstić information content (AvgIpc) is 2.78. The Labute approximate surface area is 113 Å². The molecule has 2 fully saturated rings. The Balaban J connectivity index is 2.00. The molecule has 0 aromatic heterocycles. The molecular formula is C14H23NO4. The number of aliphatic carboxylic acids is 1. The van der Waals surface area contributed by atoms with Crippen LogP contribution in [0.15, 0.2) is 0 Å². The minimum Gasteiger partial charge on any atom is -0.479 e. The highest BCUT2D eigenvalue weighted by molar-refractivity contribution is 5.83. The van der Waals surface area contributed by atoms with Crippen LogP contribution in [0.1, 0.15) is 46.0 Å². The van der Waals surface area contributed by atoms with E-state index in [1.54, 1.807) is 0 Å². The number of ether oxygens (including phenoxy) is 1. The lowest BCUT2D eigenvalue weighted by molar-refractivity contribution is -0.155. The van der Waals surface area contributed by atoms with E-state index in [4.69, 9.17) is 9.84 Å². The smallest absolute Gasteiger partial charge is 0.332 e. The van der Waals surface area contributed by atoms with Crippen molar-refractivity contribution in [2.45, 2.75) is 64.2 Å². The number of carbonyl (C=O) groups is 2. The summed E-state index contributed by atoms with van der Waals surface area (Å²) in [7, 11) is 0. The molecule has 0 aromatic carbocycles. The molecule has 0 radical (unpaired) electrons. The van der Waals surface area contributed by atoms with E-state index in [0.717, 1.165) is 25.8 Å². The lowest BCUT2D eigenvalue weighted by atomic mass is 10.1. The first-order valence-corrected chi connectivity index (χ1v) is 7.17. The zero-order valence-electron chi connectivity index (χ0n) is 11.7. The summed E-state index contributed by atoms with van der Waals surface area (Å²) in [6.07, 6.45) is 2.90. The fraction of sp³-hybridized carbons (Fsp3) is 0.857. The Kier molecular flexibility index (Phi) is 4.45. The number of likely N-dealkylation sites (tertiary alicyclic amines) is 1. The van der Waals surface area contributed by atoms with Gasteiger partial charge in [0, 0.05) is 12.6 Å². The van der Waals surface area contributed by atoms with Crippen LogP contribution >= 0.6 is 0 Å². The topological polar surface area (TPSA) is 66.8 Å². The van der Waals surface area contributed by atoms with E-state index in [2.05, 4.69) is 13.8 Å². The molecule has 2 unspecified atom stereocenters. The van der Waals surface area contributed by atoms with Crippen LogP contribution in [0.2, 0.25) is 0 Å². The molecule has 108 valence electrons. The SMILES string of the molecule is CC1CCCC(C)N(C(=O)[C@@H]2CC[C@H](C(=O)O)O2)C1. The van der Waals surface area contributed by atoms with Gasteiger partial charge in [0.2, 0.25) is 0 Å². The molecule has 1 N–H and O–H groups in total. The maximum absolute atomic E-state index is 12.5. The van der Waals surface area contributed by atoms with E-state index in [0.29, 0.717) is 18.8 Å². The number of nitrogens with zero attached hydrogens (tertiary/aromatic N) is 1. The van der Waals surface area contributed by atoms with Crippen molar-refractivity contribution in [1.29, 1.82) is 0 Å². The number of carbonyl (C=O) groups excluding carboxylic acids is 1. The van der Waals surface area contributed by atoms with E-state index in [-0.39, 0.29) is 11.9 Å². The molecule has 0 aliphatic carbocycles. The van der Waals surface area contributed by atoms with Gasteiger partial charge >= 0.3 is 5.97 Å². The van der Waals surface area contributed by atoms with E-state index in [1.807, 2.05) is 4.90 Å². The molecule has 5 heteroatoms. The third-order valence-electron chi connectivity index (χ3n) is 4.21. The van der Waals surface area contributed by atoms with Crippen LogP contribution < -0.4 is 0 Å². The standard InChI is InChI=1S/C14H23NO4/c1-9-4-3-5-10(2)15(8-9)13(16)11-6-7-12(19-11)14(17)18/h9-12H,3-8H2,1-2H3,(H,17,18)/t9?,10?,11-,12+/m0/s1. The van der Waals surface area contributed by atoms with E-state index < -0.39 is 18.2 Å². The molecule has 1 amide bonds. The number of hydrogen-bond acceptors (Lipinski definition) is 3. The van der Waals surface area contributed by atoms with Crippen molar-refractivity contribution in [3.63, 3.8) is 0 Å². The van der Waals surface area contributed by atoms with Crippen LogP contribution in [0.25, 0.3) is 0 Å². The molecule has 2 aliphatic heterocycles. The van der Waals surface area contributed by atoms with Gasteiger partial charge in [0.05, 0.1) is 0 Å². The quantitative estimate of drug-likeness (QED) is 0.828. The fourth-order valence-corrected chi connectivity index (χ4v) is 3.02. The van der Waals surface area contributed by atoms with Gasteiger partial charge in [-0.1, -0.05) is 13.3 Å². The molecule has 5 nitrogen and oxygen atoms in total. The van der Waals surface area contributed by atoms with Gasteiger partial charge in [-0.3, -0.25) is 4.79 Å². The number of carboxylic acid groups (broad SMARTS) is 1. The first kappa shape index (κ1) is 14.3. The van der Waals surface area contributed by atoms with Crippen molar-refractivity contribution in [2.24, 2.45) is 5.92 Å². The van der Waals surface area contributed by atoms with Crippen molar-refractivity contribution in [3.05, 3.63) is 0 Å². The normalized spacial score (nSPS) is 36.0. The molecule has 0 saturated carbocycles. The van der Waals surface area contributed by atoms with Gasteiger partial charge in [-0.25, -0.2) is 4.79 Å². The first-order valence-electron chi connectivity index (χ1n) is 7.17. The largest absolute Gasteiger partial charge is 0.479 e. The molecule has 0 aromatic rings. The second-order valence-corrected chi connectivity index (χ2v) is 5.90. The van der Waals surface area contributed by atoms with Crippen LogP contribution in [0, 0.1) is 5.92 Å². The van der Waals surface area contributed by atoms with Crippen LogP contribution in [0.3, 0.4) is 0 Å². The highest BCUT2D eigenvalue weighted by atomic mass is 16.5. The number of amides is 1. The number of carboxylic acids is 1. The van der Waals surface area contributed by atoms with E-state index >= 15 is 0 Å². The zero-order chi connectivity index (χ0) is 14.0. The van der Waals surface area contributed by atoms with Crippen LogP contribution in [-0.2, 0) is 14.3 Å². The minimum atomic E-state index is -0.965. The molecule has 19 heavy (non-hydrogen) atoms. The van der Waals surface area contributed by atoms with Gasteiger partial charge in [0.15, 0.2) is 6.10 Å². The van der Waals surface area contributed by atoms with Crippen molar-refractivity contribution < 1.29 is 19.4 Å². The summed E-state index contributed by atoms with van der Waals surface area (Å²) in [5.74, 6) is -0.483. The second-order valence-electron chi connectivity index (χ2n) is 5.90. The lowest BCUT2D eigenvalue weighted by Crippen LogP contribution is -2.45. The third kappa shape index (κ3) is 3.26. The Bertz CT molecular complexity index is 357. The van der Waals surface area contributed by atoms with Crippen LogP contribution in [-0.4, -0.2) is 46.7 Å². The van der Waals surface area contributed by atoms with Gasteiger partial charge in [-0.05, 0) is 38.5 Å². The summed E-state index contributed by atoms with van der Waals surface area (Å²) in [5, 5.41) is 8.91. The Morgan fingerprint density at radius 2 is 1.79 bits per heavy atom. The lowest BCUT2D eigenvalue weighted by Gasteiger charge is -2.30. The predicted octanol–water partition coefficient (Wildman–Crippen LogP) is 1.66. The minimum absolute atomic E-state index is 0.0231. The Hall–Kier alpha value is -1.10. The summed E-state index contributed by atoms with van der Waals surface area (Å²) >= 11 is 0. The predicted molar refractivity (Wildman–Crippen MR) is 69.7 cm³/mol.